The van der Waals surface area contributed by atoms with E-state index < -0.39 is 11.7 Å². The fourth-order valence-electron chi connectivity index (χ4n) is 2.82. The molecule has 0 bridgehead atoms. The molecule has 188 valence electrons. The highest BCUT2D eigenvalue weighted by atomic mass is 79.9. The minimum atomic E-state index is -0.416. The number of rotatable bonds is 11. The van der Waals surface area contributed by atoms with E-state index in [0.717, 1.165) is 4.90 Å². The molecule has 0 unspecified atom stereocenters. The van der Waals surface area contributed by atoms with Gasteiger partial charge in [-0.25, -0.2) is 9.82 Å². The number of hydrogen-bond donors (Lipinski definition) is 2. The molecular formula is C25H22BrClFN3O4S. The summed E-state index contributed by atoms with van der Waals surface area (Å²) in [4.78, 5) is 25.2. The number of carbonyl (C=O) groups excluding carboxylic acids is 2. The van der Waals surface area contributed by atoms with Crippen LogP contribution in [-0.2, 0) is 9.59 Å². The van der Waals surface area contributed by atoms with Crippen LogP contribution in [0.25, 0.3) is 0 Å². The van der Waals surface area contributed by atoms with Crippen LogP contribution in [0.15, 0.2) is 75.1 Å². The minimum Gasteiger partial charge on any atom is -0.490 e. The Labute approximate surface area is 225 Å². The molecule has 11 heteroatoms. The van der Waals surface area contributed by atoms with Gasteiger partial charge in [-0.2, -0.15) is 5.10 Å². The number of hydrazone groups is 1. The van der Waals surface area contributed by atoms with E-state index in [9.17, 15) is 14.0 Å². The third-order valence-electron chi connectivity index (χ3n) is 4.39. The van der Waals surface area contributed by atoms with E-state index in [1.54, 1.807) is 24.3 Å². The summed E-state index contributed by atoms with van der Waals surface area (Å²) in [5.74, 6) is -0.142. The van der Waals surface area contributed by atoms with Gasteiger partial charge in [-0.05, 0) is 89.1 Å². The minimum absolute atomic E-state index is 0.194. The zero-order valence-electron chi connectivity index (χ0n) is 19.1. The van der Waals surface area contributed by atoms with Crippen molar-refractivity contribution in [2.45, 2.75) is 11.8 Å². The summed E-state index contributed by atoms with van der Waals surface area (Å²) in [6.45, 7) is 1.90. The van der Waals surface area contributed by atoms with E-state index in [1.165, 1.54) is 42.2 Å². The zero-order valence-corrected chi connectivity index (χ0v) is 22.3. The molecule has 0 saturated carbocycles. The first-order valence-electron chi connectivity index (χ1n) is 10.7. The number of ether oxygens (including phenoxy) is 2. The highest BCUT2D eigenvalue weighted by Crippen LogP contribution is 2.36. The number of nitrogens with zero attached hydrogens (tertiary/aromatic N) is 1. The van der Waals surface area contributed by atoms with Crippen molar-refractivity contribution in [3.8, 4) is 11.5 Å². The number of anilines is 1. The Hall–Kier alpha value is -3.08. The molecule has 0 heterocycles. The van der Waals surface area contributed by atoms with Gasteiger partial charge in [0.15, 0.2) is 18.1 Å². The second-order valence-electron chi connectivity index (χ2n) is 7.14. The van der Waals surface area contributed by atoms with E-state index >= 15 is 0 Å². The third-order valence-corrected chi connectivity index (χ3v) is 6.25. The summed E-state index contributed by atoms with van der Waals surface area (Å²) in [7, 11) is 0. The van der Waals surface area contributed by atoms with Crippen molar-refractivity contribution < 1.29 is 23.5 Å². The first kappa shape index (κ1) is 27.5. The maximum Gasteiger partial charge on any atom is 0.262 e. The smallest absolute Gasteiger partial charge is 0.262 e. The van der Waals surface area contributed by atoms with E-state index in [-0.39, 0.29) is 18.3 Å². The molecule has 0 aliphatic heterocycles. The van der Waals surface area contributed by atoms with Crippen LogP contribution in [0.5, 0.6) is 11.5 Å². The Balaban J connectivity index is 1.56. The molecule has 0 aromatic heterocycles. The summed E-state index contributed by atoms with van der Waals surface area (Å²) in [6, 6.07) is 16.0. The molecule has 3 aromatic carbocycles. The lowest BCUT2D eigenvalue weighted by molar-refractivity contribution is -0.119. The number of hydrogen-bond acceptors (Lipinski definition) is 6. The number of nitrogens with one attached hydrogen (secondary N) is 2. The molecule has 2 N–H and O–H groups in total. The normalized spacial score (nSPS) is 10.8. The second-order valence-corrected chi connectivity index (χ2v) is 9.48. The van der Waals surface area contributed by atoms with Crippen LogP contribution < -0.4 is 20.2 Å². The van der Waals surface area contributed by atoms with Gasteiger partial charge in [0.05, 0.1) is 23.0 Å². The van der Waals surface area contributed by atoms with Crippen molar-refractivity contribution in [2.24, 2.45) is 5.10 Å². The second kappa shape index (κ2) is 13.9. The monoisotopic (exact) mass is 593 g/mol. The van der Waals surface area contributed by atoms with Crippen LogP contribution in [0, 0.1) is 5.82 Å². The summed E-state index contributed by atoms with van der Waals surface area (Å²) in [5.41, 5.74) is 3.58. The van der Waals surface area contributed by atoms with Crippen LogP contribution >= 0.6 is 39.3 Å². The lowest BCUT2D eigenvalue weighted by Gasteiger charge is -2.14. The lowest BCUT2D eigenvalue weighted by atomic mass is 10.2. The first-order valence-corrected chi connectivity index (χ1v) is 12.8. The van der Waals surface area contributed by atoms with Crippen LogP contribution in [-0.4, -0.2) is 37.0 Å². The Kier molecular flexibility index (Phi) is 10.6. The molecule has 0 atom stereocenters. The Morgan fingerprint density at radius 2 is 1.81 bits per heavy atom. The maximum atomic E-state index is 13.0. The van der Waals surface area contributed by atoms with Crippen LogP contribution in [0.1, 0.15) is 12.5 Å². The van der Waals surface area contributed by atoms with Gasteiger partial charge in [0.2, 0.25) is 5.91 Å². The van der Waals surface area contributed by atoms with Gasteiger partial charge in [0, 0.05) is 15.6 Å². The molecule has 0 saturated heterocycles. The predicted molar refractivity (Wildman–Crippen MR) is 144 cm³/mol. The van der Waals surface area contributed by atoms with Crippen LogP contribution in [0.3, 0.4) is 0 Å². The average molecular weight is 595 g/mol. The highest BCUT2D eigenvalue weighted by Gasteiger charge is 2.14. The van der Waals surface area contributed by atoms with Crippen molar-refractivity contribution >= 4 is 63.0 Å². The number of amides is 2. The van der Waals surface area contributed by atoms with Crippen LogP contribution in [0.2, 0.25) is 5.02 Å². The number of carbonyl (C=O) groups is 2. The van der Waals surface area contributed by atoms with Gasteiger partial charge in [0.1, 0.15) is 5.82 Å². The molecule has 0 aliphatic carbocycles. The Bertz CT molecular complexity index is 1230. The maximum absolute atomic E-state index is 13.0. The van der Waals surface area contributed by atoms with E-state index in [4.69, 9.17) is 21.1 Å². The van der Waals surface area contributed by atoms with Crippen molar-refractivity contribution in [3.05, 3.63) is 81.5 Å². The fourth-order valence-corrected chi connectivity index (χ4v) is 4.22. The molecule has 0 aliphatic rings. The molecule has 7 nitrogen and oxygen atoms in total. The summed E-state index contributed by atoms with van der Waals surface area (Å²) in [5, 5.41) is 7.26. The summed E-state index contributed by atoms with van der Waals surface area (Å²) in [6.07, 6.45) is 1.48. The van der Waals surface area contributed by atoms with Gasteiger partial charge >= 0.3 is 0 Å². The SMILES string of the molecule is CCOc1cc(/C=N\NC(=O)CSc2ccc(Cl)cc2)cc(Br)c1OCC(=O)Nc1ccc(F)cc1. The average Bonchev–Trinajstić information content (AvgIpc) is 2.85. The van der Waals surface area contributed by atoms with E-state index in [1.807, 2.05) is 19.1 Å². The predicted octanol–water partition coefficient (Wildman–Crippen LogP) is 5.90. The van der Waals surface area contributed by atoms with Gasteiger partial charge in [0.25, 0.3) is 5.91 Å². The molecule has 0 radical (unpaired) electrons. The van der Waals surface area contributed by atoms with Gasteiger partial charge < -0.3 is 14.8 Å². The zero-order chi connectivity index (χ0) is 25.9. The van der Waals surface area contributed by atoms with Crippen molar-refractivity contribution in [2.75, 3.05) is 24.3 Å². The molecule has 3 aromatic rings. The number of benzene rings is 3. The largest absolute Gasteiger partial charge is 0.490 e. The Morgan fingerprint density at radius 3 is 2.50 bits per heavy atom. The summed E-state index contributed by atoms with van der Waals surface area (Å²) >= 11 is 10.7. The Morgan fingerprint density at radius 1 is 1.08 bits per heavy atom. The first-order chi connectivity index (χ1) is 17.3. The van der Waals surface area contributed by atoms with Crippen LogP contribution in [0.4, 0.5) is 10.1 Å². The van der Waals surface area contributed by atoms with Crippen molar-refractivity contribution in [3.63, 3.8) is 0 Å². The number of thioether (sulfide) groups is 1. The standard InChI is InChI=1S/C25H22BrClFN3O4S/c1-2-34-22-12-16(13-29-31-24(33)15-36-20-9-3-17(27)4-10-20)11-21(26)25(22)35-14-23(32)30-19-7-5-18(28)6-8-19/h3-13H,2,14-15H2,1H3,(H,30,32)(H,31,33)/b29-13-. The molecule has 3 rings (SSSR count). The van der Waals surface area contributed by atoms with E-state index in [2.05, 4.69) is 31.8 Å². The lowest BCUT2D eigenvalue weighted by Crippen LogP contribution is -2.20. The summed E-state index contributed by atoms with van der Waals surface area (Å²) < 4.78 is 24.9. The fraction of sp³-hybridized carbons (Fsp3) is 0.160. The quantitative estimate of drug-likeness (QED) is 0.164. The van der Waals surface area contributed by atoms with Crippen molar-refractivity contribution in [1.82, 2.24) is 5.43 Å². The topological polar surface area (TPSA) is 89.0 Å². The van der Waals surface area contributed by atoms with E-state index in [0.29, 0.717) is 38.9 Å². The van der Waals surface area contributed by atoms with Gasteiger partial charge in [-0.15, -0.1) is 11.8 Å². The molecule has 2 amide bonds. The third kappa shape index (κ3) is 8.85. The molecule has 0 spiro atoms. The highest BCUT2D eigenvalue weighted by molar-refractivity contribution is 9.10. The number of halogens is 3. The molecule has 36 heavy (non-hydrogen) atoms. The molecule has 0 fully saturated rings. The van der Waals surface area contributed by atoms with Gasteiger partial charge in [-0.3, -0.25) is 9.59 Å². The van der Waals surface area contributed by atoms with Crippen molar-refractivity contribution in [1.29, 1.82) is 0 Å². The van der Waals surface area contributed by atoms with Gasteiger partial charge in [-0.1, -0.05) is 11.6 Å². The molecular weight excluding hydrogens is 573 g/mol.